The smallest absolute Gasteiger partial charge is 0.229 e. The van der Waals surface area contributed by atoms with E-state index in [4.69, 9.17) is 0 Å². The van der Waals surface area contributed by atoms with Crippen molar-refractivity contribution in [1.82, 2.24) is 9.97 Å². The lowest BCUT2D eigenvalue weighted by Gasteiger charge is -2.13. The van der Waals surface area contributed by atoms with Crippen LogP contribution in [0.5, 0.6) is 0 Å². The molecule has 0 spiro atoms. The number of sulfonamides is 1. The van der Waals surface area contributed by atoms with Gasteiger partial charge in [0, 0.05) is 18.1 Å². The summed E-state index contributed by atoms with van der Waals surface area (Å²) in [6, 6.07) is 7.52. The van der Waals surface area contributed by atoms with E-state index in [-0.39, 0.29) is 16.8 Å². The second-order valence-corrected chi connectivity index (χ2v) is 7.98. The normalized spacial score (nSPS) is 14.9. The second kappa shape index (κ2) is 8.27. The molecule has 1 saturated carbocycles. The Morgan fingerprint density at radius 1 is 1.12 bits per heavy atom. The van der Waals surface area contributed by atoms with Gasteiger partial charge in [-0.3, -0.25) is 9.52 Å². The van der Waals surface area contributed by atoms with Gasteiger partial charge < -0.3 is 15.3 Å². The van der Waals surface area contributed by atoms with E-state index in [2.05, 4.69) is 20.0 Å². The predicted octanol–water partition coefficient (Wildman–Crippen LogP) is 3.78. The first-order valence-electron chi connectivity index (χ1n) is 8.68. The van der Waals surface area contributed by atoms with Crippen LogP contribution >= 0.6 is 0 Å². The lowest BCUT2D eigenvalue weighted by atomic mass is 10.0. The first kappa shape index (κ1) is 18.3. The number of benzene rings is 1. The molecule has 1 aliphatic rings. The SMILES string of the molecule is O=C(CCC1CCCC1)Nc1ccc(S(=O)(=O)[N-]c2ncccn2)cc1. The first-order chi connectivity index (χ1) is 12.5. The fraction of sp³-hybridized carbons (Fsp3) is 0.389. The largest absolute Gasteiger partial charge is 0.366 e. The van der Waals surface area contributed by atoms with E-state index in [0.29, 0.717) is 18.0 Å². The van der Waals surface area contributed by atoms with E-state index in [1.165, 1.54) is 50.2 Å². The number of carbonyl (C=O) groups is 1. The third kappa shape index (κ3) is 5.01. The Labute approximate surface area is 153 Å². The Hall–Kier alpha value is -2.48. The monoisotopic (exact) mass is 373 g/mol. The molecule has 1 aliphatic carbocycles. The Morgan fingerprint density at radius 3 is 2.42 bits per heavy atom. The molecule has 1 aromatic carbocycles. The van der Waals surface area contributed by atoms with Crippen LogP contribution in [0.15, 0.2) is 47.6 Å². The quantitative estimate of drug-likeness (QED) is 0.795. The Bertz CT molecular complexity index is 832. The van der Waals surface area contributed by atoms with Gasteiger partial charge in [-0.2, -0.15) is 0 Å². The summed E-state index contributed by atoms with van der Waals surface area (Å²) in [4.78, 5) is 19.6. The number of aromatic nitrogens is 2. The third-order valence-electron chi connectivity index (χ3n) is 4.44. The molecule has 7 nitrogen and oxygen atoms in total. The summed E-state index contributed by atoms with van der Waals surface area (Å²) < 4.78 is 28.1. The third-order valence-corrected chi connectivity index (χ3v) is 5.72. The van der Waals surface area contributed by atoms with E-state index in [1.54, 1.807) is 18.2 Å². The highest BCUT2D eigenvalue weighted by Crippen LogP contribution is 2.29. The van der Waals surface area contributed by atoms with Crippen LogP contribution in [0.4, 0.5) is 11.6 Å². The van der Waals surface area contributed by atoms with Gasteiger partial charge in [0.15, 0.2) is 0 Å². The van der Waals surface area contributed by atoms with E-state index < -0.39 is 10.0 Å². The van der Waals surface area contributed by atoms with Crippen molar-refractivity contribution < 1.29 is 13.2 Å². The van der Waals surface area contributed by atoms with Gasteiger partial charge in [-0.1, -0.05) is 31.7 Å². The minimum Gasteiger partial charge on any atom is -0.366 e. The zero-order valence-corrected chi connectivity index (χ0v) is 15.2. The summed E-state index contributed by atoms with van der Waals surface area (Å²) >= 11 is 0. The van der Waals surface area contributed by atoms with Gasteiger partial charge in [-0.05, 0) is 49.0 Å². The molecule has 1 fully saturated rings. The van der Waals surface area contributed by atoms with Crippen LogP contribution in [0.3, 0.4) is 0 Å². The summed E-state index contributed by atoms with van der Waals surface area (Å²) in [6.07, 6.45) is 9.21. The molecule has 26 heavy (non-hydrogen) atoms. The molecule has 0 aliphatic heterocycles. The maximum atomic E-state index is 12.3. The number of carbonyl (C=O) groups excluding carboxylic acids is 1. The molecule has 8 heteroatoms. The Morgan fingerprint density at radius 2 is 1.77 bits per heavy atom. The van der Waals surface area contributed by atoms with Crippen LogP contribution in [-0.4, -0.2) is 24.3 Å². The van der Waals surface area contributed by atoms with E-state index in [1.807, 2.05) is 0 Å². The molecule has 0 unspecified atom stereocenters. The van der Waals surface area contributed by atoms with Crippen molar-refractivity contribution in [3.8, 4) is 0 Å². The van der Waals surface area contributed by atoms with E-state index in [9.17, 15) is 13.2 Å². The summed E-state index contributed by atoms with van der Waals surface area (Å²) in [5.74, 6) is 0.502. The number of amides is 1. The molecule has 1 N–H and O–H groups in total. The van der Waals surface area contributed by atoms with Crippen molar-refractivity contribution in [1.29, 1.82) is 0 Å². The molecule has 0 atom stereocenters. The van der Waals surface area contributed by atoms with Crippen LogP contribution in [0.2, 0.25) is 0 Å². The summed E-state index contributed by atoms with van der Waals surface area (Å²) in [5.41, 5.74) is 0.566. The van der Waals surface area contributed by atoms with Crippen molar-refractivity contribution in [2.45, 2.75) is 43.4 Å². The van der Waals surface area contributed by atoms with Crippen molar-refractivity contribution in [2.24, 2.45) is 5.92 Å². The zero-order valence-electron chi connectivity index (χ0n) is 14.3. The van der Waals surface area contributed by atoms with Crippen LogP contribution in [0, 0.1) is 5.92 Å². The average Bonchev–Trinajstić information content (AvgIpc) is 3.14. The topological polar surface area (TPSA) is 103 Å². The average molecular weight is 373 g/mol. The van der Waals surface area contributed by atoms with Crippen LogP contribution in [-0.2, 0) is 14.8 Å². The summed E-state index contributed by atoms with van der Waals surface area (Å²) in [5, 5.41) is 2.81. The molecule has 138 valence electrons. The Kier molecular flexibility index (Phi) is 5.82. The Balaban J connectivity index is 1.56. The summed E-state index contributed by atoms with van der Waals surface area (Å²) in [7, 11) is -3.89. The molecule has 1 heterocycles. The van der Waals surface area contributed by atoms with Crippen LogP contribution in [0.25, 0.3) is 4.72 Å². The standard InChI is InChI=1S/C18H22N4O3S/c23-17(11-6-14-4-1-2-5-14)21-15-7-9-16(10-8-15)26(24,25)22-18-19-12-3-13-20-18/h3,7-10,12-14H,1-2,4-6,11H2,(H2,19,20,21,22,23)/p-1. The number of nitrogens with one attached hydrogen (secondary N) is 1. The molecule has 1 amide bonds. The molecule has 0 bridgehead atoms. The minimum atomic E-state index is -3.89. The molecular formula is C18H21N4O3S-. The minimum absolute atomic E-state index is 0.0221. The molecule has 0 saturated heterocycles. The molecule has 2 aromatic rings. The highest BCUT2D eigenvalue weighted by Gasteiger charge is 2.16. The van der Waals surface area contributed by atoms with Crippen LogP contribution in [0.1, 0.15) is 38.5 Å². The van der Waals surface area contributed by atoms with Gasteiger partial charge in [0.25, 0.3) is 0 Å². The van der Waals surface area contributed by atoms with Gasteiger partial charge >= 0.3 is 0 Å². The highest BCUT2D eigenvalue weighted by molar-refractivity contribution is 7.94. The van der Waals surface area contributed by atoms with E-state index >= 15 is 0 Å². The molecule has 3 rings (SSSR count). The number of hydrogen-bond donors (Lipinski definition) is 1. The van der Waals surface area contributed by atoms with Crippen LogP contribution < -0.4 is 5.32 Å². The molecule has 1 aromatic heterocycles. The number of hydrogen-bond acceptors (Lipinski definition) is 5. The van der Waals surface area contributed by atoms with Crippen molar-refractivity contribution >= 4 is 27.6 Å². The molecular weight excluding hydrogens is 352 g/mol. The predicted molar refractivity (Wildman–Crippen MR) is 98.5 cm³/mol. The number of rotatable bonds is 7. The van der Waals surface area contributed by atoms with Gasteiger partial charge in [-0.25, -0.2) is 8.42 Å². The maximum Gasteiger partial charge on any atom is 0.229 e. The van der Waals surface area contributed by atoms with Gasteiger partial charge in [0.2, 0.25) is 15.9 Å². The highest BCUT2D eigenvalue weighted by atomic mass is 32.2. The van der Waals surface area contributed by atoms with Gasteiger partial charge in [0.05, 0.1) is 4.90 Å². The lowest BCUT2D eigenvalue weighted by molar-refractivity contribution is -0.116. The fourth-order valence-corrected chi connectivity index (χ4v) is 3.96. The van der Waals surface area contributed by atoms with Gasteiger partial charge in [-0.15, -0.1) is 0 Å². The maximum absolute atomic E-state index is 12.3. The fourth-order valence-electron chi connectivity index (χ4n) is 3.07. The van der Waals surface area contributed by atoms with Crippen molar-refractivity contribution in [2.75, 3.05) is 5.32 Å². The molecule has 0 radical (unpaired) electrons. The lowest BCUT2D eigenvalue weighted by Crippen LogP contribution is -2.12. The number of anilines is 1. The second-order valence-electron chi connectivity index (χ2n) is 6.38. The zero-order chi connectivity index (χ0) is 18.4. The summed E-state index contributed by atoms with van der Waals surface area (Å²) in [6.45, 7) is 0. The van der Waals surface area contributed by atoms with Crippen molar-refractivity contribution in [3.05, 3.63) is 47.4 Å². The number of nitrogens with zero attached hydrogens (tertiary/aromatic N) is 3. The van der Waals surface area contributed by atoms with Crippen molar-refractivity contribution in [3.63, 3.8) is 0 Å². The van der Waals surface area contributed by atoms with Gasteiger partial charge in [0.1, 0.15) is 0 Å². The van der Waals surface area contributed by atoms with E-state index in [0.717, 1.165) is 6.42 Å². The first-order valence-corrected chi connectivity index (χ1v) is 10.1.